The van der Waals surface area contributed by atoms with Crippen molar-refractivity contribution in [1.29, 1.82) is 0 Å². The Morgan fingerprint density at radius 2 is 1.54 bits per heavy atom. The van der Waals surface area contributed by atoms with E-state index in [9.17, 15) is 18.0 Å². The second-order valence-electron chi connectivity index (χ2n) is 7.52. The standard InChI is InChI=1S/C17H15ClF3N3O2.C5H4Cl2N2/c1-9-5-11(7-12(6-9)17(19,20)21)14-10(2)24(16(25)26-14)8-13-15(18)23-4-3-22-13;6-3-4-5(7)9-2-1-8-4/h3-7,10,14H,8H2,1-2H3;1-2H,3H2/t10-,14-;/m0./s1. The number of nitrogens with zero attached hydrogens (tertiary/aromatic N) is 5. The Hall–Kier alpha value is -2.69. The first kappa shape index (κ1) is 26.9. The molecule has 1 aliphatic rings. The van der Waals surface area contributed by atoms with Gasteiger partial charge in [-0.2, -0.15) is 13.2 Å². The van der Waals surface area contributed by atoms with Crippen molar-refractivity contribution in [2.75, 3.05) is 0 Å². The lowest BCUT2D eigenvalue weighted by Crippen LogP contribution is -2.32. The van der Waals surface area contributed by atoms with Crippen LogP contribution in [0.15, 0.2) is 43.0 Å². The normalized spacial score (nSPS) is 17.6. The summed E-state index contributed by atoms with van der Waals surface area (Å²) in [6.45, 7) is 3.33. The highest BCUT2D eigenvalue weighted by molar-refractivity contribution is 6.30. The molecule has 7 nitrogen and oxygen atoms in total. The molecule has 13 heteroatoms. The van der Waals surface area contributed by atoms with Crippen molar-refractivity contribution < 1.29 is 22.7 Å². The van der Waals surface area contributed by atoms with E-state index in [2.05, 4.69) is 19.9 Å². The molecule has 1 fully saturated rings. The van der Waals surface area contributed by atoms with Gasteiger partial charge in [0.05, 0.1) is 35.4 Å². The fraction of sp³-hybridized carbons (Fsp3) is 0.318. The fourth-order valence-corrected chi connectivity index (χ4v) is 3.96. The Balaban J connectivity index is 0.000000320. The van der Waals surface area contributed by atoms with Crippen molar-refractivity contribution in [3.63, 3.8) is 0 Å². The Bertz CT molecular complexity index is 1200. The highest BCUT2D eigenvalue weighted by Gasteiger charge is 2.41. The number of cyclic esters (lactones) is 1. The summed E-state index contributed by atoms with van der Waals surface area (Å²) in [7, 11) is 0. The van der Waals surface area contributed by atoms with Crippen LogP contribution in [0.1, 0.15) is 41.1 Å². The van der Waals surface area contributed by atoms with E-state index in [0.717, 1.165) is 12.1 Å². The second kappa shape index (κ2) is 11.4. The van der Waals surface area contributed by atoms with Gasteiger partial charge in [0.1, 0.15) is 6.10 Å². The van der Waals surface area contributed by atoms with Crippen LogP contribution in [0.3, 0.4) is 0 Å². The number of hydrogen-bond donors (Lipinski definition) is 0. The van der Waals surface area contributed by atoms with Gasteiger partial charge < -0.3 is 4.74 Å². The zero-order valence-electron chi connectivity index (χ0n) is 18.4. The molecule has 1 amide bonds. The molecule has 0 N–H and O–H groups in total. The van der Waals surface area contributed by atoms with Gasteiger partial charge in [-0.3, -0.25) is 14.9 Å². The van der Waals surface area contributed by atoms with Crippen molar-refractivity contribution in [3.05, 3.63) is 81.4 Å². The Morgan fingerprint density at radius 1 is 0.971 bits per heavy atom. The molecule has 4 rings (SSSR count). The van der Waals surface area contributed by atoms with E-state index in [0.29, 0.717) is 33.5 Å². The molecule has 1 aromatic carbocycles. The molecule has 0 bridgehead atoms. The quantitative estimate of drug-likeness (QED) is 0.351. The molecule has 1 aliphatic heterocycles. The highest BCUT2D eigenvalue weighted by atomic mass is 35.5. The van der Waals surface area contributed by atoms with Crippen LogP contribution < -0.4 is 0 Å². The number of alkyl halides is 4. The molecule has 2 atom stereocenters. The summed E-state index contributed by atoms with van der Waals surface area (Å²) in [6, 6.07) is 3.16. The molecule has 0 aliphatic carbocycles. The van der Waals surface area contributed by atoms with Crippen LogP contribution in [0, 0.1) is 6.92 Å². The maximum Gasteiger partial charge on any atom is 0.416 e. The van der Waals surface area contributed by atoms with Gasteiger partial charge in [-0.1, -0.05) is 34.8 Å². The maximum absolute atomic E-state index is 13.1. The zero-order chi connectivity index (χ0) is 25.8. The van der Waals surface area contributed by atoms with E-state index in [1.807, 2.05) is 0 Å². The zero-order valence-corrected chi connectivity index (χ0v) is 20.7. The van der Waals surface area contributed by atoms with Crippen LogP contribution in [-0.2, 0) is 23.3 Å². The SMILES string of the molecule is Cc1cc([C@H]2OC(=O)N(Cc3nccnc3Cl)[C@H]2C)cc(C(F)(F)F)c1.ClCc1nccnc1Cl. The molecule has 186 valence electrons. The number of benzene rings is 1. The second-order valence-corrected chi connectivity index (χ2v) is 8.51. The minimum atomic E-state index is -4.47. The molecule has 3 aromatic rings. The topological polar surface area (TPSA) is 81.1 Å². The van der Waals surface area contributed by atoms with Crippen molar-refractivity contribution in [2.24, 2.45) is 0 Å². The van der Waals surface area contributed by atoms with E-state index in [4.69, 9.17) is 39.5 Å². The predicted molar refractivity (Wildman–Crippen MR) is 124 cm³/mol. The molecule has 0 radical (unpaired) electrons. The summed E-state index contributed by atoms with van der Waals surface area (Å²) < 4.78 is 44.5. The lowest BCUT2D eigenvalue weighted by atomic mass is 9.98. The fourth-order valence-electron chi connectivity index (χ4n) is 3.36. The van der Waals surface area contributed by atoms with Crippen molar-refractivity contribution >= 4 is 40.9 Å². The summed E-state index contributed by atoms with van der Waals surface area (Å²) in [5.74, 6) is 0.312. The third-order valence-electron chi connectivity index (χ3n) is 5.04. The van der Waals surface area contributed by atoms with Gasteiger partial charge in [-0.25, -0.2) is 14.8 Å². The largest absolute Gasteiger partial charge is 0.439 e. The van der Waals surface area contributed by atoms with Gasteiger partial charge in [0.15, 0.2) is 10.3 Å². The average Bonchev–Trinajstić information content (AvgIpc) is 3.08. The lowest BCUT2D eigenvalue weighted by Gasteiger charge is -2.21. The molecule has 2 aromatic heterocycles. The molecule has 1 saturated heterocycles. The van der Waals surface area contributed by atoms with Crippen LogP contribution in [0.2, 0.25) is 10.3 Å². The minimum Gasteiger partial charge on any atom is -0.439 e. The average molecular weight is 549 g/mol. The van der Waals surface area contributed by atoms with Gasteiger partial charge in [0, 0.05) is 24.8 Å². The summed E-state index contributed by atoms with van der Waals surface area (Å²) >= 11 is 17.0. The number of hydrogen-bond acceptors (Lipinski definition) is 6. The molecule has 35 heavy (non-hydrogen) atoms. The van der Waals surface area contributed by atoms with E-state index < -0.39 is 30.0 Å². The number of ether oxygens (including phenoxy) is 1. The first-order valence-corrected chi connectivity index (χ1v) is 11.4. The van der Waals surface area contributed by atoms with E-state index in [1.165, 1.54) is 23.5 Å². The van der Waals surface area contributed by atoms with E-state index in [-0.39, 0.29) is 11.7 Å². The predicted octanol–water partition coefficient (Wildman–Crippen LogP) is 6.41. The Morgan fingerprint density at radius 3 is 2.06 bits per heavy atom. The van der Waals surface area contributed by atoms with Crippen molar-refractivity contribution in [3.8, 4) is 0 Å². The number of rotatable bonds is 4. The molecule has 3 heterocycles. The number of amides is 1. The van der Waals surface area contributed by atoms with Gasteiger partial charge in [0.25, 0.3) is 0 Å². The number of aromatic nitrogens is 4. The summed E-state index contributed by atoms with van der Waals surface area (Å²) in [5.41, 5.74) is 0.977. The van der Waals surface area contributed by atoms with Gasteiger partial charge in [-0.15, -0.1) is 11.6 Å². The summed E-state index contributed by atoms with van der Waals surface area (Å²) in [6.07, 6.45) is 0.0203. The van der Waals surface area contributed by atoms with Crippen molar-refractivity contribution in [1.82, 2.24) is 24.8 Å². The van der Waals surface area contributed by atoms with Crippen LogP contribution >= 0.6 is 34.8 Å². The first-order valence-electron chi connectivity index (χ1n) is 10.1. The van der Waals surface area contributed by atoms with Gasteiger partial charge in [0.2, 0.25) is 0 Å². The van der Waals surface area contributed by atoms with E-state index >= 15 is 0 Å². The summed E-state index contributed by atoms with van der Waals surface area (Å²) in [5, 5.41) is 0.540. The Labute approximate surface area is 214 Å². The molecular weight excluding hydrogens is 530 g/mol. The maximum atomic E-state index is 13.1. The highest BCUT2D eigenvalue weighted by Crippen LogP contribution is 2.37. The Kier molecular flexibility index (Phi) is 8.74. The number of carbonyl (C=O) groups excluding carboxylic acids is 1. The number of carbonyl (C=O) groups is 1. The molecule has 0 unspecified atom stereocenters. The molecule has 0 spiro atoms. The number of aryl methyl sites for hydroxylation is 1. The lowest BCUT2D eigenvalue weighted by molar-refractivity contribution is -0.137. The third-order valence-corrected chi connectivity index (χ3v) is 5.93. The number of halogens is 6. The third kappa shape index (κ3) is 6.71. The van der Waals surface area contributed by atoms with Gasteiger partial charge in [-0.05, 0) is 31.5 Å². The molecule has 0 saturated carbocycles. The molecular formula is C22H19Cl3F3N5O2. The van der Waals surface area contributed by atoms with Crippen LogP contribution in [0.25, 0.3) is 0 Å². The smallest absolute Gasteiger partial charge is 0.416 e. The van der Waals surface area contributed by atoms with Crippen LogP contribution in [-0.4, -0.2) is 37.0 Å². The van der Waals surface area contributed by atoms with Gasteiger partial charge >= 0.3 is 12.3 Å². The summed E-state index contributed by atoms with van der Waals surface area (Å²) in [4.78, 5) is 29.2. The van der Waals surface area contributed by atoms with Crippen LogP contribution in [0.5, 0.6) is 0 Å². The van der Waals surface area contributed by atoms with Crippen LogP contribution in [0.4, 0.5) is 18.0 Å². The monoisotopic (exact) mass is 547 g/mol. The minimum absolute atomic E-state index is 0.0567. The first-order chi connectivity index (χ1) is 16.5. The van der Waals surface area contributed by atoms with E-state index in [1.54, 1.807) is 26.1 Å². The van der Waals surface area contributed by atoms with Crippen molar-refractivity contribution in [2.45, 2.75) is 44.6 Å².